The Balaban J connectivity index is 1.49. The highest BCUT2D eigenvalue weighted by molar-refractivity contribution is 7.89. The van der Waals surface area contributed by atoms with Crippen molar-refractivity contribution in [2.24, 2.45) is 18.9 Å². The molecule has 0 bridgehead atoms. The van der Waals surface area contributed by atoms with Crippen LogP contribution in [0.3, 0.4) is 0 Å². The first-order valence-electron chi connectivity index (χ1n) is 11.3. The number of aryl methyl sites for hydroxylation is 1. The molecule has 2 aliphatic rings. The zero-order valence-corrected chi connectivity index (χ0v) is 19.7. The Kier molecular flexibility index (Phi) is 6.62. The molecule has 2 aromatic rings. The second-order valence-corrected chi connectivity index (χ2v) is 10.6. The van der Waals surface area contributed by atoms with Crippen molar-refractivity contribution in [1.29, 1.82) is 0 Å². The number of oxazole rings is 1. The molecule has 0 saturated carbocycles. The second kappa shape index (κ2) is 9.30. The number of nitrogens with zero attached hydrogens (tertiary/aromatic N) is 3. The molecule has 0 aliphatic carbocycles. The molecular formula is C22H29N3O7S. The van der Waals surface area contributed by atoms with Crippen LogP contribution in [-0.4, -0.2) is 66.9 Å². The molecule has 2 atom stereocenters. The summed E-state index contributed by atoms with van der Waals surface area (Å²) in [7, 11) is -2.32. The molecule has 1 amide bonds. The van der Waals surface area contributed by atoms with Crippen molar-refractivity contribution < 1.29 is 27.2 Å². The summed E-state index contributed by atoms with van der Waals surface area (Å²) in [5.41, 5.74) is 0.707. The van der Waals surface area contributed by atoms with Crippen LogP contribution in [0.2, 0.25) is 0 Å². The van der Waals surface area contributed by atoms with Crippen LogP contribution in [0.4, 0.5) is 0 Å². The van der Waals surface area contributed by atoms with Gasteiger partial charge in [-0.25, -0.2) is 13.2 Å². The number of benzene rings is 1. The van der Waals surface area contributed by atoms with E-state index in [1.807, 2.05) is 0 Å². The third-order valence-corrected chi connectivity index (χ3v) is 8.35. The van der Waals surface area contributed by atoms with E-state index < -0.39 is 21.7 Å². The molecular weight excluding hydrogens is 450 g/mol. The minimum Gasteiger partial charge on any atom is -0.466 e. The predicted molar refractivity (Wildman–Crippen MR) is 119 cm³/mol. The highest BCUT2D eigenvalue weighted by Gasteiger charge is 2.37. The predicted octanol–water partition coefficient (Wildman–Crippen LogP) is 1.33. The van der Waals surface area contributed by atoms with Gasteiger partial charge in [0.1, 0.15) is 0 Å². The summed E-state index contributed by atoms with van der Waals surface area (Å²) in [6.45, 7) is 3.32. The Morgan fingerprint density at radius 3 is 2.61 bits per heavy atom. The molecule has 0 spiro atoms. The lowest BCUT2D eigenvalue weighted by Crippen LogP contribution is -2.50. The molecule has 0 unspecified atom stereocenters. The van der Waals surface area contributed by atoms with Crippen LogP contribution < -0.4 is 5.76 Å². The molecule has 2 aliphatic heterocycles. The summed E-state index contributed by atoms with van der Waals surface area (Å²) in [6.07, 6.45) is 2.56. The van der Waals surface area contributed by atoms with Crippen LogP contribution in [0, 0.1) is 11.8 Å². The second-order valence-electron chi connectivity index (χ2n) is 8.63. The van der Waals surface area contributed by atoms with Gasteiger partial charge in [-0.2, -0.15) is 4.31 Å². The van der Waals surface area contributed by atoms with E-state index >= 15 is 0 Å². The highest BCUT2D eigenvalue weighted by atomic mass is 32.2. The Bertz CT molecular complexity index is 1220. The quantitative estimate of drug-likeness (QED) is 0.594. The smallest absolute Gasteiger partial charge is 0.419 e. The van der Waals surface area contributed by atoms with Crippen molar-refractivity contribution in [3.63, 3.8) is 0 Å². The van der Waals surface area contributed by atoms with Gasteiger partial charge in [0, 0.05) is 39.3 Å². The SMILES string of the molecule is CCOC(=O)[C@H]1CCCN(C(=O)[C@H]2CCCN(S(=O)(=O)c3ccc4c(c3)oc(=O)n4C)C2)C1. The Labute approximate surface area is 192 Å². The highest BCUT2D eigenvalue weighted by Crippen LogP contribution is 2.28. The number of amides is 1. The van der Waals surface area contributed by atoms with E-state index in [4.69, 9.17) is 9.15 Å². The molecule has 3 heterocycles. The standard InChI is InChI=1S/C22H29N3O7S/c1-3-31-21(27)16-7-4-10-24(13-16)20(26)15-6-5-11-25(14-15)33(29,30)17-8-9-18-19(12-17)32-22(28)23(18)2/h8-9,12,15-16H,3-7,10-11,13-14H2,1-2H3/t15-,16-/m0/s1. The van der Waals surface area contributed by atoms with E-state index in [1.165, 1.54) is 21.0 Å². The monoisotopic (exact) mass is 479 g/mol. The van der Waals surface area contributed by atoms with Gasteiger partial charge in [0.25, 0.3) is 0 Å². The average Bonchev–Trinajstić information content (AvgIpc) is 3.11. The summed E-state index contributed by atoms with van der Waals surface area (Å²) in [5.74, 6) is -1.77. The van der Waals surface area contributed by atoms with Gasteiger partial charge in [-0.1, -0.05) is 0 Å². The van der Waals surface area contributed by atoms with Crippen molar-refractivity contribution in [1.82, 2.24) is 13.8 Å². The molecule has 0 N–H and O–H groups in total. The number of hydrogen-bond donors (Lipinski definition) is 0. The molecule has 2 fully saturated rings. The molecule has 2 saturated heterocycles. The van der Waals surface area contributed by atoms with Gasteiger partial charge in [-0.3, -0.25) is 14.2 Å². The topological polar surface area (TPSA) is 119 Å². The maximum atomic E-state index is 13.3. The van der Waals surface area contributed by atoms with Crippen molar-refractivity contribution in [2.75, 3.05) is 32.8 Å². The Hall–Kier alpha value is -2.66. The van der Waals surface area contributed by atoms with E-state index in [-0.39, 0.29) is 34.8 Å². The minimum atomic E-state index is -3.87. The van der Waals surface area contributed by atoms with Crippen molar-refractivity contribution in [2.45, 2.75) is 37.5 Å². The third-order valence-electron chi connectivity index (χ3n) is 6.49. The van der Waals surface area contributed by atoms with Gasteiger partial charge in [0.15, 0.2) is 5.58 Å². The minimum absolute atomic E-state index is 0.0257. The summed E-state index contributed by atoms with van der Waals surface area (Å²) >= 11 is 0. The van der Waals surface area contributed by atoms with E-state index in [1.54, 1.807) is 24.9 Å². The molecule has 1 aromatic carbocycles. The largest absolute Gasteiger partial charge is 0.466 e. The molecule has 33 heavy (non-hydrogen) atoms. The number of piperidine rings is 2. The molecule has 1 aromatic heterocycles. The summed E-state index contributed by atoms with van der Waals surface area (Å²) < 4.78 is 39.5. The fraction of sp³-hybridized carbons (Fsp3) is 0.591. The number of ether oxygens (including phenoxy) is 1. The molecule has 11 heteroatoms. The summed E-state index contributed by atoms with van der Waals surface area (Å²) in [6, 6.07) is 4.35. The lowest BCUT2D eigenvalue weighted by atomic mass is 9.94. The number of carbonyl (C=O) groups excluding carboxylic acids is 2. The van der Waals surface area contributed by atoms with Gasteiger partial charge in [-0.05, 0) is 44.7 Å². The van der Waals surface area contributed by atoms with Crippen LogP contribution in [0.25, 0.3) is 11.1 Å². The zero-order chi connectivity index (χ0) is 23.8. The van der Waals surface area contributed by atoms with Gasteiger partial charge in [0.2, 0.25) is 15.9 Å². The maximum absolute atomic E-state index is 13.3. The van der Waals surface area contributed by atoms with Crippen molar-refractivity contribution in [3.8, 4) is 0 Å². The van der Waals surface area contributed by atoms with Crippen molar-refractivity contribution in [3.05, 3.63) is 28.7 Å². The normalized spacial score (nSPS) is 22.4. The van der Waals surface area contributed by atoms with Crippen LogP contribution in [0.1, 0.15) is 32.6 Å². The summed E-state index contributed by atoms with van der Waals surface area (Å²) in [4.78, 5) is 38.8. The van der Waals surface area contributed by atoms with Crippen LogP contribution >= 0.6 is 0 Å². The number of aromatic nitrogens is 1. The Morgan fingerprint density at radius 2 is 1.85 bits per heavy atom. The van der Waals surface area contributed by atoms with E-state index in [9.17, 15) is 22.8 Å². The van der Waals surface area contributed by atoms with Crippen LogP contribution in [0.5, 0.6) is 0 Å². The Morgan fingerprint density at radius 1 is 1.12 bits per heavy atom. The average molecular weight is 480 g/mol. The number of esters is 1. The number of fused-ring (bicyclic) bond motifs is 1. The third kappa shape index (κ3) is 4.56. The lowest BCUT2D eigenvalue weighted by Gasteiger charge is -2.37. The summed E-state index contributed by atoms with van der Waals surface area (Å²) in [5, 5.41) is 0. The number of likely N-dealkylation sites (tertiary alicyclic amines) is 1. The number of hydrogen-bond acceptors (Lipinski definition) is 7. The first kappa shape index (κ1) is 23.5. The fourth-order valence-corrected chi connectivity index (χ4v) is 6.21. The maximum Gasteiger partial charge on any atom is 0.419 e. The van der Waals surface area contributed by atoms with Gasteiger partial charge in [-0.15, -0.1) is 0 Å². The van der Waals surface area contributed by atoms with E-state index in [0.717, 1.165) is 0 Å². The molecule has 180 valence electrons. The fourth-order valence-electron chi connectivity index (χ4n) is 4.67. The number of rotatable bonds is 5. The van der Waals surface area contributed by atoms with Crippen molar-refractivity contribution >= 4 is 33.0 Å². The van der Waals surface area contributed by atoms with E-state index in [2.05, 4.69) is 0 Å². The van der Waals surface area contributed by atoms with Crippen LogP contribution in [0.15, 0.2) is 32.3 Å². The number of carbonyl (C=O) groups is 2. The number of sulfonamides is 1. The molecule has 0 radical (unpaired) electrons. The first-order valence-corrected chi connectivity index (χ1v) is 12.7. The van der Waals surface area contributed by atoms with Crippen LogP contribution in [-0.2, 0) is 31.4 Å². The van der Waals surface area contributed by atoms with Gasteiger partial charge < -0.3 is 14.1 Å². The lowest BCUT2D eigenvalue weighted by molar-refractivity contribution is -0.152. The van der Waals surface area contributed by atoms with Gasteiger partial charge >= 0.3 is 11.7 Å². The van der Waals surface area contributed by atoms with E-state index in [0.29, 0.717) is 57.4 Å². The van der Waals surface area contributed by atoms with Gasteiger partial charge in [0.05, 0.1) is 28.9 Å². The molecule has 10 nitrogen and oxygen atoms in total. The molecule has 4 rings (SSSR count). The zero-order valence-electron chi connectivity index (χ0n) is 18.9. The first-order chi connectivity index (χ1) is 15.7.